The minimum atomic E-state index is 0.607. The molecule has 21 heavy (non-hydrogen) atoms. The maximum atomic E-state index is 6.04. The van der Waals surface area contributed by atoms with E-state index in [2.05, 4.69) is 22.4 Å². The Bertz CT molecular complexity index is 616. The van der Waals surface area contributed by atoms with Crippen molar-refractivity contribution in [3.8, 4) is 11.4 Å². The average Bonchev–Trinajstić information content (AvgIpc) is 2.89. The summed E-state index contributed by atoms with van der Waals surface area (Å²) in [6.45, 7) is 3.18. The number of nitrogen functional groups attached to an aromatic ring is 1. The second-order valence-corrected chi connectivity index (χ2v) is 6.48. The Balaban J connectivity index is 1.80. The van der Waals surface area contributed by atoms with Gasteiger partial charge in [0, 0.05) is 22.8 Å². The van der Waals surface area contributed by atoms with Crippen molar-refractivity contribution in [1.29, 1.82) is 0 Å². The van der Waals surface area contributed by atoms with Gasteiger partial charge >= 0.3 is 0 Å². The van der Waals surface area contributed by atoms with Crippen LogP contribution in [0.2, 0.25) is 5.02 Å². The zero-order valence-corrected chi connectivity index (χ0v) is 12.9. The summed E-state index contributed by atoms with van der Waals surface area (Å²) in [5, 5.41) is 12.7. The van der Waals surface area contributed by atoms with E-state index in [1.54, 1.807) is 6.07 Å². The number of benzene rings is 1. The molecule has 0 atom stereocenters. The van der Waals surface area contributed by atoms with Crippen LogP contribution in [-0.4, -0.2) is 20.2 Å². The predicted octanol–water partition coefficient (Wildman–Crippen LogP) is 3.40. The lowest BCUT2D eigenvalue weighted by atomic mass is 9.83. The van der Waals surface area contributed by atoms with Gasteiger partial charge in [-0.1, -0.05) is 31.4 Å². The van der Waals surface area contributed by atoms with Crippen LogP contribution in [0, 0.1) is 11.8 Å². The van der Waals surface area contributed by atoms with Gasteiger partial charge in [0.25, 0.3) is 0 Å². The van der Waals surface area contributed by atoms with E-state index in [4.69, 9.17) is 17.3 Å². The summed E-state index contributed by atoms with van der Waals surface area (Å²) in [6, 6.07) is 5.43. The van der Waals surface area contributed by atoms with Crippen LogP contribution in [0.1, 0.15) is 32.6 Å². The van der Waals surface area contributed by atoms with Crippen molar-refractivity contribution in [2.75, 3.05) is 5.73 Å². The summed E-state index contributed by atoms with van der Waals surface area (Å²) in [6.07, 6.45) is 5.09. The SMILES string of the molecule is CC1CCC(Cn2nnnc2-c2ccc(Cl)cc2N)CC1. The van der Waals surface area contributed by atoms with Crippen molar-refractivity contribution < 1.29 is 0 Å². The van der Waals surface area contributed by atoms with E-state index in [0.717, 1.165) is 23.9 Å². The molecule has 1 aliphatic carbocycles. The predicted molar refractivity (Wildman–Crippen MR) is 83.8 cm³/mol. The molecule has 0 saturated heterocycles. The van der Waals surface area contributed by atoms with Crippen LogP contribution in [0.3, 0.4) is 0 Å². The first-order valence-electron chi connectivity index (χ1n) is 7.45. The van der Waals surface area contributed by atoms with Crippen LogP contribution < -0.4 is 5.73 Å². The van der Waals surface area contributed by atoms with Crippen LogP contribution >= 0.6 is 11.6 Å². The summed E-state index contributed by atoms with van der Waals surface area (Å²) >= 11 is 5.95. The fourth-order valence-electron chi connectivity index (χ4n) is 3.01. The minimum Gasteiger partial charge on any atom is -0.398 e. The molecule has 112 valence electrons. The van der Waals surface area contributed by atoms with Crippen molar-refractivity contribution in [2.45, 2.75) is 39.2 Å². The highest BCUT2D eigenvalue weighted by Crippen LogP contribution is 2.31. The molecule has 1 heterocycles. The molecule has 1 aromatic carbocycles. The maximum absolute atomic E-state index is 6.04. The number of tetrazole rings is 1. The highest BCUT2D eigenvalue weighted by Gasteiger charge is 2.21. The normalized spacial score (nSPS) is 22.4. The standard InChI is InChI=1S/C15H20ClN5/c1-10-2-4-11(5-3-10)9-21-15(18-19-20-21)13-7-6-12(16)8-14(13)17/h6-8,10-11H,2-5,9,17H2,1H3. The first-order valence-corrected chi connectivity index (χ1v) is 7.83. The number of aromatic nitrogens is 4. The highest BCUT2D eigenvalue weighted by atomic mass is 35.5. The van der Waals surface area contributed by atoms with Gasteiger partial charge in [-0.25, -0.2) is 4.68 Å². The minimum absolute atomic E-state index is 0.607. The van der Waals surface area contributed by atoms with Gasteiger partial charge in [-0.2, -0.15) is 0 Å². The summed E-state index contributed by atoms with van der Waals surface area (Å²) in [5.41, 5.74) is 7.49. The monoisotopic (exact) mass is 305 g/mol. The molecule has 0 radical (unpaired) electrons. The Morgan fingerprint density at radius 2 is 2.05 bits per heavy atom. The number of hydrogen-bond acceptors (Lipinski definition) is 4. The van der Waals surface area contributed by atoms with E-state index in [1.165, 1.54) is 25.7 Å². The molecule has 1 aliphatic rings. The largest absolute Gasteiger partial charge is 0.398 e. The maximum Gasteiger partial charge on any atom is 0.184 e. The lowest BCUT2D eigenvalue weighted by Crippen LogP contribution is -2.19. The number of anilines is 1. The third-order valence-electron chi connectivity index (χ3n) is 4.35. The molecule has 0 amide bonds. The van der Waals surface area contributed by atoms with Gasteiger partial charge in [-0.15, -0.1) is 5.10 Å². The molecular weight excluding hydrogens is 286 g/mol. The van der Waals surface area contributed by atoms with Crippen molar-refractivity contribution >= 4 is 17.3 Å². The summed E-state index contributed by atoms with van der Waals surface area (Å²) < 4.78 is 1.88. The van der Waals surface area contributed by atoms with Gasteiger partial charge in [0.15, 0.2) is 5.82 Å². The highest BCUT2D eigenvalue weighted by molar-refractivity contribution is 6.31. The number of rotatable bonds is 3. The number of nitrogens with two attached hydrogens (primary N) is 1. The van der Waals surface area contributed by atoms with Crippen molar-refractivity contribution in [2.24, 2.45) is 11.8 Å². The molecule has 1 fully saturated rings. The molecule has 2 aromatic rings. The number of hydrogen-bond donors (Lipinski definition) is 1. The molecule has 5 nitrogen and oxygen atoms in total. The molecule has 0 unspecified atom stereocenters. The Morgan fingerprint density at radius 1 is 1.29 bits per heavy atom. The van der Waals surface area contributed by atoms with Gasteiger partial charge < -0.3 is 5.73 Å². The smallest absolute Gasteiger partial charge is 0.184 e. The molecule has 0 aliphatic heterocycles. The van der Waals surface area contributed by atoms with Gasteiger partial charge in [-0.05, 0) is 53.3 Å². The molecule has 6 heteroatoms. The molecule has 3 rings (SSSR count). The van der Waals surface area contributed by atoms with E-state index in [-0.39, 0.29) is 0 Å². The van der Waals surface area contributed by atoms with Crippen LogP contribution in [0.5, 0.6) is 0 Å². The van der Waals surface area contributed by atoms with E-state index in [9.17, 15) is 0 Å². The van der Waals surface area contributed by atoms with Crippen LogP contribution in [0.4, 0.5) is 5.69 Å². The third kappa shape index (κ3) is 3.18. The van der Waals surface area contributed by atoms with Gasteiger partial charge in [0.05, 0.1) is 0 Å². The molecule has 1 aromatic heterocycles. The summed E-state index contributed by atoms with van der Waals surface area (Å²) in [5.74, 6) is 2.22. The lowest BCUT2D eigenvalue weighted by Gasteiger charge is -2.26. The Labute approximate surface area is 129 Å². The fourth-order valence-corrected chi connectivity index (χ4v) is 3.19. The third-order valence-corrected chi connectivity index (χ3v) is 4.59. The van der Waals surface area contributed by atoms with E-state index in [1.807, 2.05) is 16.8 Å². The first-order chi connectivity index (χ1) is 10.1. The van der Waals surface area contributed by atoms with Crippen molar-refractivity contribution in [1.82, 2.24) is 20.2 Å². The van der Waals surface area contributed by atoms with Crippen LogP contribution in [-0.2, 0) is 6.54 Å². The zero-order chi connectivity index (χ0) is 14.8. The molecule has 1 saturated carbocycles. The average molecular weight is 306 g/mol. The van der Waals surface area contributed by atoms with E-state index in [0.29, 0.717) is 16.6 Å². The van der Waals surface area contributed by atoms with Gasteiger partial charge in [0.1, 0.15) is 0 Å². The quantitative estimate of drug-likeness (QED) is 0.882. The Hall–Kier alpha value is -1.62. The second-order valence-electron chi connectivity index (χ2n) is 6.04. The van der Waals surface area contributed by atoms with Crippen LogP contribution in [0.25, 0.3) is 11.4 Å². The second kappa shape index (κ2) is 6.02. The topological polar surface area (TPSA) is 69.6 Å². The van der Waals surface area contributed by atoms with E-state index >= 15 is 0 Å². The first kappa shape index (κ1) is 14.3. The summed E-state index contributed by atoms with van der Waals surface area (Å²) in [4.78, 5) is 0. The Morgan fingerprint density at radius 3 is 2.76 bits per heavy atom. The molecular formula is C15H20ClN5. The summed E-state index contributed by atoms with van der Waals surface area (Å²) in [7, 11) is 0. The fraction of sp³-hybridized carbons (Fsp3) is 0.533. The van der Waals surface area contributed by atoms with E-state index < -0.39 is 0 Å². The Kier molecular flexibility index (Phi) is 4.10. The lowest BCUT2D eigenvalue weighted by molar-refractivity contribution is 0.257. The van der Waals surface area contributed by atoms with Crippen molar-refractivity contribution in [3.63, 3.8) is 0 Å². The number of halogens is 1. The molecule has 2 N–H and O–H groups in total. The molecule has 0 spiro atoms. The number of nitrogens with zero attached hydrogens (tertiary/aromatic N) is 4. The zero-order valence-electron chi connectivity index (χ0n) is 12.2. The van der Waals surface area contributed by atoms with Crippen LogP contribution in [0.15, 0.2) is 18.2 Å². The van der Waals surface area contributed by atoms with Gasteiger partial charge in [-0.3, -0.25) is 0 Å². The molecule has 0 bridgehead atoms. The van der Waals surface area contributed by atoms with Crippen molar-refractivity contribution in [3.05, 3.63) is 23.2 Å². The van der Waals surface area contributed by atoms with Gasteiger partial charge in [0.2, 0.25) is 0 Å².